The minimum absolute atomic E-state index is 0.186. The maximum Gasteiger partial charge on any atom is 0.131 e. The van der Waals surface area contributed by atoms with E-state index in [-0.39, 0.29) is 11.3 Å². The van der Waals surface area contributed by atoms with Gasteiger partial charge < -0.3 is 4.74 Å². The van der Waals surface area contributed by atoms with Gasteiger partial charge in [0.1, 0.15) is 11.5 Å². The molecule has 4 aliphatic rings. The number of benzene rings is 7. The van der Waals surface area contributed by atoms with Crippen LogP contribution in [0.2, 0.25) is 0 Å². The molecule has 3 atom stereocenters. The lowest BCUT2D eigenvalue weighted by atomic mass is 9.61. The van der Waals surface area contributed by atoms with Crippen molar-refractivity contribution >= 4 is 10.8 Å². The topological polar surface area (TPSA) is 9.23 Å². The quantitative estimate of drug-likeness (QED) is 0.183. The van der Waals surface area contributed by atoms with Crippen LogP contribution in [0.1, 0.15) is 46.7 Å². The largest absolute Gasteiger partial charge is 0.461 e. The molecular weight excluding hydrogens is 605 g/mol. The third-order valence-electron chi connectivity index (χ3n) is 12.2. The van der Waals surface area contributed by atoms with Crippen molar-refractivity contribution in [1.82, 2.24) is 0 Å². The summed E-state index contributed by atoms with van der Waals surface area (Å²) >= 11 is 0. The van der Waals surface area contributed by atoms with Crippen LogP contribution in [0.15, 0.2) is 176 Å². The Labute approximate surface area is 292 Å². The normalized spacial score (nSPS) is 21.8. The van der Waals surface area contributed by atoms with Crippen molar-refractivity contribution in [3.05, 3.63) is 209 Å². The molecular formula is C49H34O. The number of rotatable bonds is 2. The highest BCUT2D eigenvalue weighted by molar-refractivity contribution is 6.02. The van der Waals surface area contributed by atoms with E-state index < -0.39 is 5.41 Å². The van der Waals surface area contributed by atoms with Gasteiger partial charge in [-0.1, -0.05) is 153 Å². The van der Waals surface area contributed by atoms with E-state index in [4.69, 9.17) is 4.74 Å². The highest BCUT2D eigenvalue weighted by atomic mass is 16.5. The van der Waals surface area contributed by atoms with E-state index in [1.165, 1.54) is 77.5 Å². The first-order valence-electron chi connectivity index (χ1n) is 17.8. The van der Waals surface area contributed by atoms with Crippen LogP contribution in [0.25, 0.3) is 44.2 Å². The van der Waals surface area contributed by atoms with E-state index in [1.807, 2.05) is 0 Å². The first-order valence-corrected chi connectivity index (χ1v) is 17.8. The average Bonchev–Trinajstić information content (AvgIpc) is 3.64. The van der Waals surface area contributed by atoms with Crippen molar-refractivity contribution < 1.29 is 4.74 Å². The number of hydrogen-bond donors (Lipinski definition) is 0. The van der Waals surface area contributed by atoms with Gasteiger partial charge in [-0.2, -0.15) is 0 Å². The second kappa shape index (κ2) is 10.1. The van der Waals surface area contributed by atoms with Gasteiger partial charge >= 0.3 is 0 Å². The summed E-state index contributed by atoms with van der Waals surface area (Å²) in [6.45, 7) is 2.45. The van der Waals surface area contributed by atoms with Crippen LogP contribution in [0.3, 0.4) is 0 Å². The SMILES string of the molecule is CC1(c2ccccc2)c2c(cccc2-c2cccc3c2C2(c4ccccc4-c4cc5ccccc5cc42)c2ccccc2-3)OC2=CC=CCC21. The Morgan fingerprint density at radius 3 is 1.86 bits per heavy atom. The van der Waals surface area contributed by atoms with E-state index in [2.05, 4.69) is 177 Å². The van der Waals surface area contributed by atoms with Crippen molar-refractivity contribution in [2.75, 3.05) is 0 Å². The minimum Gasteiger partial charge on any atom is -0.461 e. The number of hydrogen-bond acceptors (Lipinski definition) is 1. The fourth-order valence-corrected chi connectivity index (χ4v) is 10.2. The number of ether oxygens (including phenoxy) is 1. The number of fused-ring (bicyclic) bond motifs is 13. The van der Waals surface area contributed by atoms with E-state index in [0.717, 1.165) is 17.9 Å². The molecule has 0 radical (unpaired) electrons. The highest BCUT2D eigenvalue weighted by Gasteiger charge is 2.54. The Morgan fingerprint density at radius 2 is 1.10 bits per heavy atom. The van der Waals surface area contributed by atoms with Crippen LogP contribution in [0.5, 0.6) is 5.75 Å². The zero-order valence-electron chi connectivity index (χ0n) is 27.9. The summed E-state index contributed by atoms with van der Waals surface area (Å²) in [4.78, 5) is 0. The fraction of sp³-hybridized carbons (Fsp3) is 0.102. The predicted molar refractivity (Wildman–Crippen MR) is 205 cm³/mol. The molecule has 50 heavy (non-hydrogen) atoms. The molecule has 0 aromatic heterocycles. The summed E-state index contributed by atoms with van der Waals surface area (Å²) in [7, 11) is 0. The van der Waals surface area contributed by atoms with Gasteiger partial charge in [0.25, 0.3) is 0 Å². The zero-order chi connectivity index (χ0) is 33.0. The van der Waals surface area contributed by atoms with E-state index >= 15 is 0 Å². The molecule has 1 heteroatoms. The van der Waals surface area contributed by atoms with Crippen LogP contribution in [0, 0.1) is 5.92 Å². The maximum absolute atomic E-state index is 6.88. The maximum atomic E-state index is 6.88. The molecule has 1 spiro atoms. The van der Waals surface area contributed by atoms with Crippen molar-refractivity contribution in [3.8, 4) is 39.1 Å². The summed E-state index contributed by atoms with van der Waals surface area (Å²) in [5.41, 5.74) is 15.1. The molecule has 0 bridgehead atoms. The lowest BCUT2D eigenvalue weighted by Gasteiger charge is -2.46. The molecule has 1 nitrogen and oxygen atoms in total. The van der Waals surface area contributed by atoms with E-state index in [1.54, 1.807) is 0 Å². The summed E-state index contributed by atoms with van der Waals surface area (Å²) in [6.07, 6.45) is 7.55. The number of allylic oxidation sites excluding steroid dienone is 4. The molecule has 7 aromatic carbocycles. The molecule has 236 valence electrons. The zero-order valence-corrected chi connectivity index (χ0v) is 27.9. The monoisotopic (exact) mass is 638 g/mol. The standard InChI is InChI=1S/C49H34O/c1-48(33-17-3-2-4-18-33)42-26-11-12-27-44(42)50-45-28-14-23-38(47(45)48)37-22-13-21-36-34-19-7-9-24-40(34)49(46(36)37)41-25-10-8-20-35(41)39-29-31-15-5-6-16-32(31)30-43(39)49/h2-25,27-30,42H,26H2,1H3. The van der Waals surface area contributed by atoms with Crippen molar-refractivity contribution in [2.45, 2.75) is 24.2 Å². The lowest BCUT2D eigenvalue weighted by Crippen LogP contribution is -2.40. The molecule has 7 aromatic rings. The van der Waals surface area contributed by atoms with Gasteiger partial charge in [0.05, 0.1) is 5.41 Å². The molecule has 3 unspecified atom stereocenters. The molecule has 1 aliphatic heterocycles. The van der Waals surface area contributed by atoms with E-state index in [9.17, 15) is 0 Å². The molecule has 1 heterocycles. The molecule has 0 amide bonds. The molecule has 0 N–H and O–H groups in total. The Hall–Kier alpha value is -5.92. The van der Waals surface area contributed by atoms with Crippen LogP contribution < -0.4 is 4.74 Å². The van der Waals surface area contributed by atoms with E-state index in [0.29, 0.717) is 0 Å². The van der Waals surface area contributed by atoms with Gasteiger partial charge in [0.2, 0.25) is 0 Å². The van der Waals surface area contributed by atoms with Crippen LogP contribution >= 0.6 is 0 Å². The van der Waals surface area contributed by atoms with Gasteiger partial charge in [0.15, 0.2) is 0 Å². The van der Waals surface area contributed by atoms with Gasteiger partial charge in [-0.15, -0.1) is 0 Å². The summed E-state index contributed by atoms with van der Waals surface area (Å²) in [5, 5.41) is 2.55. The second-order valence-electron chi connectivity index (χ2n) is 14.4. The minimum atomic E-state index is -0.474. The van der Waals surface area contributed by atoms with Gasteiger partial charge in [-0.25, -0.2) is 0 Å². The average molecular weight is 639 g/mol. The van der Waals surface area contributed by atoms with Crippen LogP contribution in [0.4, 0.5) is 0 Å². The predicted octanol–water partition coefficient (Wildman–Crippen LogP) is 12.0. The molecule has 0 saturated carbocycles. The fourth-order valence-electron chi connectivity index (χ4n) is 10.2. The van der Waals surface area contributed by atoms with Crippen molar-refractivity contribution in [3.63, 3.8) is 0 Å². The van der Waals surface area contributed by atoms with Crippen molar-refractivity contribution in [1.29, 1.82) is 0 Å². The van der Waals surface area contributed by atoms with Crippen molar-refractivity contribution in [2.24, 2.45) is 5.92 Å². The highest BCUT2D eigenvalue weighted by Crippen LogP contribution is 2.66. The summed E-state index contributed by atoms with van der Waals surface area (Å²) in [6, 6.07) is 56.8. The first kappa shape index (κ1) is 28.0. The third kappa shape index (κ3) is 3.42. The summed E-state index contributed by atoms with van der Waals surface area (Å²) in [5.74, 6) is 2.19. The third-order valence-corrected chi connectivity index (χ3v) is 12.2. The molecule has 11 rings (SSSR count). The van der Waals surface area contributed by atoms with Crippen LogP contribution in [-0.4, -0.2) is 0 Å². The Bertz CT molecular complexity index is 2620. The second-order valence-corrected chi connectivity index (χ2v) is 14.4. The Kier molecular flexibility index (Phi) is 5.63. The molecule has 0 fully saturated rings. The van der Waals surface area contributed by atoms with Crippen LogP contribution in [-0.2, 0) is 10.8 Å². The summed E-state index contributed by atoms with van der Waals surface area (Å²) < 4.78 is 6.88. The van der Waals surface area contributed by atoms with Gasteiger partial charge in [-0.05, 0) is 103 Å². The smallest absolute Gasteiger partial charge is 0.131 e. The first-order chi connectivity index (χ1) is 24.7. The van der Waals surface area contributed by atoms with Gasteiger partial charge in [0, 0.05) is 16.9 Å². The lowest BCUT2D eigenvalue weighted by molar-refractivity contribution is 0.237. The Morgan fingerprint density at radius 1 is 0.520 bits per heavy atom. The molecule has 3 aliphatic carbocycles. The Balaban J connectivity index is 1.28. The molecule has 0 saturated heterocycles. The van der Waals surface area contributed by atoms with Gasteiger partial charge in [-0.3, -0.25) is 0 Å².